The SMILES string of the molecule is C[C@H](c1ccc(Cl)cc1Cl)N(C)C(=O)[C@H]1Cc2ccccc2O1. The van der Waals surface area contributed by atoms with Gasteiger partial charge in [0.1, 0.15) is 5.75 Å². The zero-order valence-corrected chi connectivity index (χ0v) is 14.4. The van der Waals surface area contributed by atoms with Crippen LogP contribution in [0.5, 0.6) is 5.75 Å². The van der Waals surface area contributed by atoms with E-state index in [1.165, 1.54) is 0 Å². The first-order chi connectivity index (χ1) is 11.0. The van der Waals surface area contributed by atoms with Gasteiger partial charge in [-0.15, -0.1) is 0 Å². The molecule has 0 aliphatic carbocycles. The van der Waals surface area contributed by atoms with E-state index >= 15 is 0 Å². The summed E-state index contributed by atoms with van der Waals surface area (Å²) in [5.41, 5.74) is 1.93. The predicted molar refractivity (Wildman–Crippen MR) is 92.2 cm³/mol. The molecule has 0 saturated carbocycles. The monoisotopic (exact) mass is 349 g/mol. The average molecular weight is 350 g/mol. The van der Waals surface area contributed by atoms with Gasteiger partial charge in [-0.3, -0.25) is 4.79 Å². The van der Waals surface area contributed by atoms with Gasteiger partial charge in [0.2, 0.25) is 0 Å². The number of benzene rings is 2. The van der Waals surface area contributed by atoms with E-state index < -0.39 is 6.10 Å². The first-order valence-electron chi connectivity index (χ1n) is 7.43. The Bertz CT molecular complexity index is 723. The molecular formula is C18H17Cl2NO2. The molecule has 1 aliphatic rings. The van der Waals surface area contributed by atoms with E-state index in [0.29, 0.717) is 16.5 Å². The Morgan fingerprint density at radius 2 is 2.00 bits per heavy atom. The third kappa shape index (κ3) is 3.17. The maximum Gasteiger partial charge on any atom is 0.264 e. The van der Waals surface area contributed by atoms with E-state index in [0.717, 1.165) is 16.9 Å². The van der Waals surface area contributed by atoms with Crippen molar-refractivity contribution in [1.29, 1.82) is 0 Å². The summed E-state index contributed by atoms with van der Waals surface area (Å²) in [4.78, 5) is 14.4. The number of rotatable bonds is 3. The number of halogens is 2. The number of hydrogen-bond acceptors (Lipinski definition) is 2. The molecule has 0 spiro atoms. The number of hydrogen-bond donors (Lipinski definition) is 0. The van der Waals surface area contributed by atoms with Gasteiger partial charge in [-0.25, -0.2) is 0 Å². The summed E-state index contributed by atoms with van der Waals surface area (Å²) in [7, 11) is 1.77. The number of carbonyl (C=O) groups is 1. The number of amides is 1. The minimum Gasteiger partial charge on any atom is -0.480 e. The Hall–Kier alpha value is -1.71. The van der Waals surface area contributed by atoms with E-state index in [2.05, 4.69) is 0 Å². The summed E-state index contributed by atoms with van der Waals surface area (Å²) in [5.74, 6) is 0.733. The first kappa shape index (κ1) is 16.2. The van der Waals surface area contributed by atoms with Gasteiger partial charge in [0, 0.05) is 23.5 Å². The molecule has 2 aromatic rings. The average Bonchev–Trinajstić information content (AvgIpc) is 2.97. The summed E-state index contributed by atoms with van der Waals surface area (Å²) in [6, 6.07) is 12.9. The Balaban J connectivity index is 1.75. The molecule has 23 heavy (non-hydrogen) atoms. The van der Waals surface area contributed by atoms with Crippen LogP contribution in [0.3, 0.4) is 0 Å². The molecule has 2 aromatic carbocycles. The van der Waals surface area contributed by atoms with Gasteiger partial charge < -0.3 is 9.64 Å². The molecule has 1 amide bonds. The summed E-state index contributed by atoms with van der Waals surface area (Å²) in [6.07, 6.45) is 0.117. The van der Waals surface area contributed by atoms with Crippen LogP contribution in [0.25, 0.3) is 0 Å². The summed E-state index contributed by atoms with van der Waals surface area (Å²) >= 11 is 12.2. The lowest BCUT2D eigenvalue weighted by atomic mass is 10.1. The van der Waals surface area contributed by atoms with E-state index in [-0.39, 0.29) is 11.9 Å². The second kappa shape index (κ2) is 6.42. The van der Waals surface area contributed by atoms with Gasteiger partial charge in [0.25, 0.3) is 5.91 Å². The minimum atomic E-state index is -0.481. The van der Waals surface area contributed by atoms with Crippen LogP contribution in [0.15, 0.2) is 42.5 Å². The topological polar surface area (TPSA) is 29.5 Å². The molecule has 120 valence electrons. The molecule has 1 heterocycles. The Morgan fingerprint density at radius 3 is 2.70 bits per heavy atom. The van der Waals surface area contributed by atoms with Crippen molar-refractivity contribution < 1.29 is 9.53 Å². The summed E-state index contributed by atoms with van der Waals surface area (Å²) in [6.45, 7) is 1.94. The van der Waals surface area contributed by atoms with Crippen LogP contribution in [0.4, 0.5) is 0 Å². The van der Waals surface area contributed by atoms with E-state index in [4.69, 9.17) is 27.9 Å². The highest BCUT2D eigenvalue weighted by Gasteiger charge is 2.33. The fraction of sp³-hybridized carbons (Fsp3) is 0.278. The third-order valence-corrected chi connectivity index (χ3v) is 4.83. The summed E-state index contributed by atoms with van der Waals surface area (Å²) in [5, 5.41) is 1.13. The largest absolute Gasteiger partial charge is 0.480 e. The molecular weight excluding hydrogens is 333 g/mol. The number of nitrogens with zero attached hydrogens (tertiary/aromatic N) is 1. The molecule has 5 heteroatoms. The molecule has 0 fully saturated rings. The van der Waals surface area contributed by atoms with E-state index in [9.17, 15) is 4.79 Å². The maximum absolute atomic E-state index is 12.7. The highest BCUT2D eigenvalue weighted by molar-refractivity contribution is 6.35. The van der Waals surface area contributed by atoms with Gasteiger partial charge in [-0.2, -0.15) is 0 Å². The lowest BCUT2D eigenvalue weighted by molar-refractivity contribution is -0.138. The van der Waals surface area contributed by atoms with Crippen molar-refractivity contribution in [2.24, 2.45) is 0 Å². The summed E-state index contributed by atoms with van der Waals surface area (Å²) < 4.78 is 5.78. The van der Waals surface area contributed by atoms with Crippen LogP contribution in [0.2, 0.25) is 10.0 Å². The van der Waals surface area contributed by atoms with Crippen LogP contribution in [-0.2, 0) is 11.2 Å². The Morgan fingerprint density at radius 1 is 1.26 bits per heavy atom. The Kier molecular flexibility index (Phi) is 4.51. The fourth-order valence-electron chi connectivity index (χ4n) is 2.79. The lowest BCUT2D eigenvalue weighted by Crippen LogP contribution is -2.40. The lowest BCUT2D eigenvalue weighted by Gasteiger charge is -2.28. The second-order valence-electron chi connectivity index (χ2n) is 5.71. The fourth-order valence-corrected chi connectivity index (χ4v) is 3.35. The molecule has 0 bridgehead atoms. The van der Waals surface area contributed by atoms with Crippen molar-refractivity contribution in [1.82, 2.24) is 4.90 Å². The van der Waals surface area contributed by atoms with Crippen LogP contribution in [0.1, 0.15) is 24.1 Å². The van der Waals surface area contributed by atoms with Crippen molar-refractivity contribution in [3.05, 3.63) is 63.6 Å². The van der Waals surface area contributed by atoms with Crippen molar-refractivity contribution in [2.75, 3.05) is 7.05 Å². The highest BCUT2D eigenvalue weighted by Crippen LogP contribution is 2.32. The number of likely N-dealkylation sites (N-methyl/N-ethyl adjacent to an activating group) is 1. The van der Waals surface area contributed by atoms with Crippen molar-refractivity contribution in [2.45, 2.75) is 25.5 Å². The van der Waals surface area contributed by atoms with Gasteiger partial charge in [0.15, 0.2) is 6.10 Å². The van der Waals surface area contributed by atoms with Crippen LogP contribution < -0.4 is 4.74 Å². The highest BCUT2D eigenvalue weighted by atomic mass is 35.5. The van der Waals surface area contributed by atoms with Gasteiger partial charge in [0.05, 0.1) is 6.04 Å². The zero-order chi connectivity index (χ0) is 16.6. The first-order valence-corrected chi connectivity index (χ1v) is 8.19. The van der Waals surface area contributed by atoms with Crippen LogP contribution >= 0.6 is 23.2 Å². The van der Waals surface area contributed by atoms with Gasteiger partial charge in [-0.1, -0.05) is 47.5 Å². The quantitative estimate of drug-likeness (QED) is 0.815. The molecule has 1 aliphatic heterocycles. The zero-order valence-electron chi connectivity index (χ0n) is 12.9. The molecule has 0 saturated heterocycles. The minimum absolute atomic E-state index is 0.0558. The van der Waals surface area contributed by atoms with Crippen molar-refractivity contribution >= 4 is 29.1 Å². The number of fused-ring (bicyclic) bond motifs is 1. The number of carbonyl (C=O) groups excluding carboxylic acids is 1. The maximum atomic E-state index is 12.7. The van der Waals surface area contributed by atoms with Crippen molar-refractivity contribution in [3.8, 4) is 5.75 Å². The van der Waals surface area contributed by atoms with E-state index in [1.807, 2.05) is 37.3 Å². The molecule has 0 N–H and O–H groups in total. The predicted octanol–water partition coefficient (Wildman–Crippen LogP) is 4.52. The normalized spacial score (nSPS) is 17.3. The van der Waals surface area contributed by atoms with E-state index in [1.54, 1.807) is 24.1 Å². The Labute approximate surface area is 145 Å². The number of ether oxygens (including phenoxy) is 1. The third-order valence-electron chi connectivity index (χ3n) is 4.26. The van der Waals surface area contributed by atoms with Crippen molar-refractivity contribution in [3.63, 3.8) is 0 Å². The smallest absolute Gasteiger partial charge is 0.264 e. The molecule has 3 rings (SSSR count). The standard InChI is InChI=1S/C18H17Cl2NO2/c1-11(14-8-7-13(19)10-15(14)20)21(2)18(22)17-9-12-5-3-4-6-16(12)23-17/h3-8,10-11,17H,9H2,1-2H3/t11-,17-/m1/s1. The molecule has 0 unspecified atom stereocenters. The van der Waals surface area contributed by atoms with Crippen LogP contribution in [0, 0.1) is 0 Å². The van der Waals surface area contributed by atoms with Gasteiger partial charge >= 0.3 is 0 Å². The number of para-hydroxylation sites is 1. The second-order valence-corrected chi connectivity index (χ2v) is 6.55. The molecule has 0 aromatic heterocycles. The van der Waals surface area contributed by atoms with Gasteiger partial charge in [-0.05, 0) is 36.2 Å². The molecule has 2 atom stereocenters. The molecule has 3 nitrogen and oxygen atoms in total. The molecule has 0 radical (unpaired) electrons. The van der Waals surface area contributed by atoms with Crippen LogP contribution in [-0.4, -0.2) is 24.0 Å².